The number of nitrogens with one attached hydrogen (secondary N) is 1. The number of likely N-dealkylation sites (N-methyl/N-ethyl adjacent to an activating group) is 1. The summed E-state index contributed by atoms with van der Waals surface area (Å²) >= 11 is 0. The van der Waals surface area contributed by atoms with Gasteiger partial charge in [0.05, 0.1) is 23.0 Å². The molecule has 0 spiro atoms. The standard InChI is InChI=1S/C24H34N6O/c1-16(2)11-23(31)27-22-13-21(28-24-20(22)14-26-30(24)17(3)4)19-8-6-7-18(12-19)15-29(5)10-9-25/h6-8,12-14,16-17H,9-11,15,25H2,1-5H3,(H,27,28,31). The molecule has 7 nitrogen and oxygen atoms in total. The third-order valence-electron chi connectivity index (χ3n) is 5.11. The van der Waals surface area contributed by atoms with Crippen molar-refractivity contribution in [2.75, 3.05) is 25.5 Å². The number of carbonyl (C=O) groups excluding carboxylic acids is 1. The van der Waals surface area contributed by atoms with Gasteiger partial charge in [0, 0.05) is 37.7 Å². The lowest BCUT2D eigenvalue weighted by Gasteiger charge is -2.16. The smallest absolute Gasteiger partial charge is 0.224 e. The van der Waals surface area contributed by atoms with Gasteiger partial charge in [-0.05, 0) is 44.5 Å². The number of hydrogen-bond acceptors (Lipinski definition) is 5. The van der Waals surface area contributed by atoms with Crippen molar-refractivity contribution in [2.24, 2.45) is 11.7 Å². The van der Waals surface area contributed by atoms with Crippen LogP contribution in [0.5, 0.6) is 0 Å². The second kappa shape index (κ2) is 10.0. The molecule has 0 aliphatic carbocycles. The number of rotatable bonds is 9. The minimum atomic E-state index is 0.00269. The van der Waals surface area contributed by atoms with E-state index in [9.17, 15) is 4.79 Å². The van der Waals surface area contributed by atoms with E-state index in [0.29, 0.717) is 13.0 Å². The summed E-state index contributed by atoms with van der Waals surface area (Å²) in [5, 5.41) is 8.46. The van der Waals surface area contributed by atoms with E-state index in [1.54, 1.807) is 6.20 Å². The molecule has 1 aromatic carbocycles. The number of nitrogens with zero attached hydrogens (tertiary/aromatic N) is 4. The summed E-state index contributed by atoms with van der Waals surface area (Å²) in [6.45, 7) is 10.5. The molecule has 31 heavy (non-hydrogen) atoms. The Bertz CT molecular complexity index is 1040. The molecular formula is C24H34N6O. The highest BCUT2D eigenvalue weighted by molar-refractivity contribution is 6.01. The van der Waals surface area contributed by atoms with Crippen molar-refractivity contribution in [2.45, 2.75) is 46.7 Å². The van der Waals surface area contributed by atoms with Gasteiger partial charge in [0.15, 0.2) is 5.65 Å². The van der Waals surface area contributed by atoms with Gasteiger partial charge >= 0.3 is 0 Å². The van der Waals surface area contributed by atoms with Crippen LogP contribution in [0, 0.1) is 5.92 Å². The number of fused-ring (bicyclic) bond motifs is 1. The van der Waals surface area contributed by atoms with E-state index in [2.05, 4.69) is 54.4 Å². The van der Waals surface area contributed by atoms with Crippen LogP contribution in [0.15, 0.2) is 36.5 Å². The van der Waals surface area contributed by atoms with Crippen molar-refractivity contribution in [3.05, 3.63) is 42.1 Å². The minimum Gasteiger partial charge on any atom is -0.329 e. The number of nitrogens with two attached hydrogens (primary N) is 1. The van der Waals surface area contributed by atoms with Crippen LogP contribution in [-0.4, -0.2) is 45.7 Å². The quantitative estimate of drug-likeness (QED) is 0.543. The summed E-state index contributed by atoms with van der Waals surface area (Å²) in [6, 6.07) is 10.5. The molecule has 166 valence electrons. The number of hydrogen-bond donors (Lipinski definition) is 2. The first-order valence-electron chi connectivity index (χ1n) is 10.9. The molecule has 1 amide bonds. The van der Waals surface area contributed by atoms with Gasteiger partial charge in [-0.1, -0.05) is 32.0 Å². The fourth-order valence-corrected chi connectivity index (χ4v) is 3.66. The van der Waals surface area contributed by atoms with Crippen molar-refractivity contribution in [1.29, 1.82) is 0 Å². The summed E-state index contributed by atoms with van der Waals surface area (Å²) in [4.78, 5) is 19.6. The molecular weight excluding hydrogens is 388 g/mol. The third kappa shape index (κ3) is 5.68. The average molecular weight is 423 g/mol. The van der Waals surface area contributed by atoms with Crippen molar-refractivity contribution in [3.8, 4) is 11.3 Å². The number of anilines is 1. The monoisotopic (exact) mass is 422 g/mol. The first kappa shape index (κ1) is 22.9. The molecule has 0 saturated carbocycles. The minimum absolute atomic E-state index is 0.00269. The molecule has 2 aromatic heterocycles. The summed E-state index contributed by atoms with van der Waals surface area (Å²) in [5.74, 6) is 0.292. The van der Waals surface area contributed by atoms with E-state index < -0.39 is 0 Å². The molecule has 0 atom stereocenters. The zero-order chi connectivity index (χ0) is 22.5. The van der Waals surface area contributed by atoms with Crippen LogP contribution >= 0.6 is 0 Å². The molecule has 3 rings (SSSR count). The molecule has 2 heterocycles. The van der Waals surface area contributed by atoms with Crippen LogP contribution in [-0.2, 0) is 11.3 Å². The van der Waals surface area contributed by atoms with E-state index in [4.69, 9.17) is 10.7 Å². The van der Waals surface area contributed by atoms with Gasteiger partial charge < -0.3 is 16.0 Å². The maximum absolute atomic E-state index is 12.5. The fourth-order valence-electron chi connectivity index (χ4n) is 3.66. The van der Waals surface area contributed by atoms with Crippen LogP contribution in [0.4, 0.5) is 5.69 Å². The van der Waals surface area contributed by atoms with E-state index in [0.717, 1.165) is 41.1 Å². The lowest BCUT2D eigenvalue weighted by Crippen LogP contribution is -2.24. The second-order valence-electron chi connectivity index (χ2n) is 8.85. The molecule has 0 fully saturated rings. The molecule has 0 radical (unpaired) electrons. The Morgan fingerprint density at radius 1 is 1.23 bits per heavy atom. The van der Waals surface area contributed by atoms with E-state index in [1.165, 1.54) is 5.56 Å². The number of carbonyl (C=O) groups is 1. The number of aromatic nitrogens is 3. The lowest BCUT2D eigenvalue weighted by atomic mass is 10.1. The van der Waals surface area contributed by atoms with Crippen LogP contribution in [0.2, 0.25) is 0 Å². The van der Waals surface area contributed by atoms with Gasteiger partial charge in [-0.15, -0.1) is 0 Å². The third-order valence-corrected chi connectivity index (χ3v) is 5.11. The molecule has 3 aromatic rings. The maximum Gasteiger partial charge on any atom is 0.224 e. The van der Waals surface area contributed by atoms with Crippen LogP contribution < -0.4 is 11.1 Å². The zero-order valence-corrected chi connectivity index (χ0v) is 19.2. The normalized spacial score (nSPS) is 11.8. The predicted octanol–water partition coefficient (Wildman–Crippen LogP) is 4.05. The van der Waals surface area contributed by atoms with E-state index in [1.807, 2.05) is 30.7 Å². The molecule has 0 unspecified atom stereocenters. The predicted molar refractivity (Wildman–Crippen MR) is 127 cm³/mol. The summed E-state index contributed by atoms with van der Waals surface area (Å²) in [6.07, 6.45) is 2.26. The first-order chi connectivity index (χ1) is 14.8. The largest absolute Gasteiger partial charge is 0.329 e. The van der Waals surface area contributed by atoms with Gasteiger partial charge in [-0.3, -0.25) is 4.79 Å². The average Bonchev–Trinajstić information content (AvgIpc) is 3.12. The highest BCUT2D eigenvalue weighted by Gasteiger charge is 2.16. The molecule has 0 aliphatic rings. The topological polar surface area (TPSA) is 89.1 Å². The number of amides is 1. The number of pyridine rings is 1. The van der Waals surface area contributed by atoms with E-state index >= 15 is 0 Å². The Balaban J connectivity index is 2.04. The van der Waals surface area contributed by atoms with Gasteiger partial charge in [0.25, 0.3) is 0 Å². The Kier molecular flexibility index (Phi) is 7.41. The summed E-state index contributed by atoms with van der Waals surface area (Å²) < 4.78 is 1.90. The van der Waals surface area contributed by atoms with Gasteiger partial charge in [-0.25, -0.2) is 9.67 Å². The molecule has 7 heteroatoms. The summed E-state index contributed by atoms with van der Waals surface area (Å²) in [7, 11) is 2.06. The number of benzene rings is 1. The SMILES string of the molecule is CC(C)CC(=O)Nc1cc(-c2cccc(CN(C)CCN)c2)nc2c1cnn2C(C)C. The van der Waals surface area contributed by atoms with Crippen LogP contribution in [0.25, 0.3) is 22.3 Å². The Morgan fingerprint density at radius 2 is 2.00 bits per heavy atom. The molecule has 0 bridgehead atoms. The Morgan fingerprint density at radius 3 is 2.68 bits per heavy atom. The van der Waals surface area contributed by atoms with E-state index in [-0.39, 0.29) is 17.9 Å². The molecule has 0 saturated heterocycles. The Labute approximate surface area is 184 Å². The van der Waals surface area contributed by atoms with Gasteiger partial charge in [-0.2, -0.15) is 5.10 Å². The van der Waals surface area contributed by atoms with Crippen molar-refractivity contribution >= 4 is 22.6 Å². The van der Waals surface area contributed by atoms with Crippen molar-refractivity contribution in [3.63, 3.8) is 0 Å². The van der Waals surface area contributed by atoms with Gasteiger partial charge in [0.1, 0.15) is 0 Å². The van der Waals surface area contributed by atoms with Crippen molar-refractivity contribution in [1.82, 2.24) is 19.7 Å². The zero-order valence-electron chi connectivity index (χ0n) is 19.2. The van der Waals surface area contributed by atoms with Crippen molar-refractivity contribution < 1.29 is 4.79 Å². The highest BCUT2D eigenvalue weighted by Crippen LogP contribution is 2.30. The van der Waals surface area contributed by atoms with Crippen LogP contribution in [0.3, 0.4) is 0 Å². The molecule has 3 N–H and O–H groups in total. The van der Waals surface area contributed by atoms with Crippen LogP contribution in [0.1, 0.15) is 45.7 Å². The fraction of sp³-hybridized carbons (Fsp3) is 0.458. The summed E-state index contributed by atoms with van der Waals surface area (Å²) in [5.41, 5.74) is 10.2. The first-order valence-corrected chi connectivity index (χ1v) is 10.9. The van der Waals surface area contributed by atoms with Gasteiger partial charge in [0.2, 0.25) is 5.91 Å². The highest BCUT2D eigenvalue weighted by atomic mass is 16.1. The Hall–Kier alpha value is -2.77. The molecule has 0 aliphatic heterocycles. The maximum atomic E-state index is 12.5. The lowest BCUT2D eigenvalue weighted by molar-refractivity contribution is -0.116. The second-order valence-corrected chi connectivity index (χ2v) is 8.85.